The van der Waals surface area contributed by atoms with Gasteiger partial charge in [0.1, 0.15) is 17.6 Å². The van der Waals surface area contributed by atoms with Gasteiger partial charge in [0.2, 0.25) is 0 Å². The molecule has 2 rings (SSSR count). The summed E-state index contributed by atoms with van der Waals surface area (Å²) < 4.78 is 0. The van der Waals surface area contributed by atoms with Crippen molar-refractivity contribution in [2.75, 3.05) is 11.9 Å². The Kier molecular flexibility index (Phi) is 4.23. The zero-order valence-electron chi connectivity index (χ0n) is 11.6. The molecule has 0 aromatic carbocycles. The maximum Gasteiger partial charge on any atom is 0.311 e. The summed E-state index contributed by atoms with van der Waals surface area (Å²) >= 11 is 0. The average Bonchev–Trinajstić information content (AvgIpc) is 2.47. The van der Waals surface area contributed by atoms with Gasteiger partial charge in [-0.15, -0.1) is 0 Å². The topological polar surface area (TPSA) is 86.0 Å². The number of aliphatic carboxylic acids is 1. The maximum atomic E-state index is 11.6. The molecule has 0 saturated heterocycles. The van der Waals surface area contributed by atoms with Crippen molar-refractivity contribution in [2.24, 2.45) is 11.3 Å². The number of carbonyl (C=O) groups is 1. The predicted octanol–water partition coefficient (Wildman–Crippen LogP) is 2.65. The molecule has 0 atom stereocenters. The summed E-state index contributed by atoms with van der Waals surface area (Å²) in [5, 5.41) is 21.4. The Hall–Kier alpha value is -2.09. The lowest BCUT2D eigenvalue weighted by molar-refractivity contribution is -0.150. The van der Waals surface area contributed by atoms with E-state index < -0.39 is 11.4 Å². The van der Waals surface area contributed by atoms with E-state index in [-0.39, 0.29) is 0 Å². The van der Waals surface area contributed by atoms with Crippen LogP contribution in [-0.2, 0) is 4.79 Å². The SMILES string of the molecule is CC1CCC(CNc2cccc(C#N)n2)(C(=O)O)CC1. The number of nitrogens with zero attached hydrogens (tertiary/aromatic N) is 2. The van der Waals surface area contributed by atoms with E-state index in [2.05, 4.69) is 17.2 Å². The molecule has 1 saturated carbocycles. The van der Waals surface area contributed by atoms with Crippen molar-refractivity contribution in [3.63, 3.8) is 0 Å². The molecular formula is C15H19N3O2. The second kappa shape index (κ2) is 5.91. The molecule has 20 heavy (non-hydrogen) atoms. The Balaban J connectivity index is 2.06. The molecule has 1 fully saturated rings. The molecule has 5 heteroatoms. The fraction of sp³-hybridized carbons (Fsp3) is 0.533. The van der Waals surface area contributed by atoms with E-state index in [4.69, 9.17) is 5.26 Å². The summed E-state index contributed by atoms with van der Waals surface area (Å²) in [6, 6.07) is 7.09. The minimum atomic E-state index is -0.742. The van der Waals surface area contributed by atoms with Crippen LogP contribution in [0, 0.1) is 22.7 Å². The Labute approximate surface area is 118 Å². The van der Waals surface area contributed by atoms with Crippen LogP contribution in [0.1, 0.15) is 38.3 Å². The van der Waals surface area contributed by atoms with E-state index in [0.717, 1.165) is 12.8 Å². The van der Waals surface area contributed by atoms with Gasteiger partial charge in [0.25, 0.3) is 0 Å². The molecule has 1 heterocycles. The zero-order valence-corrected chi connectivity index (χ0v) is 11.6. The summed E-state index contributed by atoms with van der Waals surface area (Å²) in [7, 11) is 0. The predicted molar refractivity (Wildman–Crippen MR) is 75.1 cm³/mol. The lowest BCUT2D eigenvalue weighted by Crippen LogP contribution is -2.41. The highest BCUT2D eigenvalue weighted by molar-refractivity contribution is 5.75. The van der Waals surface area contributed by atoms with Crippen LogP contribution in [0.5, 0.6) is 0 Å². The molecule has 1 aromatic rings. The minimum Gasteiger partial charge on any atom is -0.481 e. The number of nitrogens with one attached hydrogen (secondary N) is 1. The van der Waals surface area contributed by atoms with Gasteiger partial charge in [0, 0.05) is 6.54 Å². The van der Waals surface area contributed by atoms with Crippen molar-refractivity contribution in [3.05, 3.63) is 23.9 Å². The van der Waals surface area contributed by atoms with E-state index in [1.807, 2.05) is 6.07 Å². The zero-order chi connectivity index (χ0) is 14.6. The summed E-state index contributed by atoms with van der Waals surface area (Å²) in [5.74, 6) is 0.416. The van der Waals surface area contributed by atoms with Crippen molar-refractivity contribution < 1.29 is 9.90 Å². The maximum absolute atomic E-state index is 11.6. The van der Waals surface area contributed by atoms with Gasteiger partial charge in [-0.2, -0.15) is 5.26 Å². The highest BCUT2D eigenvalue weighted by Crippen LogP contribution is 2.39. The number of carboxylic acids is 1. The van der Waals surface area contributed by atoms with E-state index in [9.17, 15) is 9.90 Å². The lowest BCUT2D eigenvalue weighted by Gasteiger charge is -2.36. The molecule has 106 valence electrons. The van der Waals surface area contributed by atoms with Crippen molar-refractivity contribution in [3.8, 4) is 6.07 Å². The summed E-state index contributed by atoms with van der Waals surface area (Å²) in [6.07, 6.45) is 3.27. The number of carboxylic acid groups (broad SMARTS) is 1. The first-order valence-electron chi connectivity index (χ1n) is 6.90. The van der Waals surface area contributed by atoms with Crippen molar-refractivity contribution in [1.29, 1.82) is 5.26 Å². The summed E-state index contributed by atoms with van der Waals surface area (Å²) in [5.41, 5.74) is -0.381. The summed E-state index contributed by atoms with van der Waals surface area (Å²) in [6.45, 7) is 2.52. The second-order valence-corrected chi connectivity index (χ2v) is 5.64. The van der Waals surface area contributed by atoms with E-state index in [1.54, 1.807) is 18.2 Å². The third-order valence-corrected chi connectivity index (χ3v) is 4.16. The number of hydrogen-bond acceptors (Lipinski definition) is 4. The Morgan fingerprint density at radius 2 is 2.25 bits per heavy atom. The van der Waals surface area contributed by atoms with Gasteiger partial charge in [-0.05, 0) is 43.7 Å². The van der Waals surface area contributed by atoms with Crippen LogP contribution < -0.4 is 5.32 Å². The molecule has 1 aliphatic rings. The highest BCUT2D eigenvalue weighted by Gasteiger charge is 2.41. The number of hydrogen-bond donors (Lipinski definition) is 2. The van der Waals surface area contributed by atoms with Gasteiger partial charge in [-0.1, -0.05) is 13.0 Å². The standard InChI is InChI=1S/C15H19N3O2/c1-11-5-7-15(8-6-11,14(19)20)10-17-13-4-2-3-12(9-16)18-13/h2-4,11H,5-8,10H2,1H3,(H,17,18)(H,19,20). The van der Waals surface area contributed by atoms with Gasteiger partial charge in [-0.25, -0.2) is 4.98 Å². The molecule has 2 N–H and O–H groups in total. The molecule has 1 aliphatic carbocycles. The van der Waals surface area contributed by atoms with Gasteiger partial charge in [0.15, 0.2) is 0 Å². The third-order valence-electron chi connectivity index (χ3n) is 4.16. The normalized spacial score (nSPS) is 25.7. The van der Waals surface area contributed by atoms with Crippen molar-refractivity contribution in [1.82, 2.24) is 4.98 Å². The number of anilines is 1. The number of nitriles is 1. The monoisotopic (exact) mass is 273 g/mol. The van der Waals surface area contributed by atoms with E-state index in [0.29, 0.717) is 36.8 Å². The average molecular weight is 273 g/mol. The first kappa shape index (κ1) is 14.3. The molecule has 0 unspecified atom stereocenters. The molecule has 1 aromatic heterocycles. The molecular weight excluding hydrogens is 254 g/mol. The molecule has 0 amide bonds. The van der Waals surface area contributed by atoms with Gasteiger partial charge in [0.05, 0.1) is 5.41 Å². The van der Waals surface area contributed by atoms with Gasteiger partial charge < -0.3 is 10.4 Å². The highest BCUT2D eigenvalue weighted by atomic mass is 16.4. The Bertz CT molecular complexity index is 528. The van der Waals surface area contributed by atoms with Crippen LogP contribution in [0.3, 0.4) is 0 Å². The largest absolute Gasteiger partial charge is 0.481 e. The van der Waals surface area contributed by atoms with E-state index >= 15 is 0 Å². The van der Waals surface area contributed by atoms with Crippen LogP contribution in [-0.4, -0.2) is 22.6 Å². The fourth-order valence-electron chi connectivity index (χ4n) is 2.64. The number of aromatic nitrogens is 1. The molecule has 0 spiro atoms. The fourth-order valence-corrected chi connectivity index (χ4v) is 2.64. The first-order valence-corrected chi connectivity index (χ1v) is 6.90. The lowest BCUT2D eigenvalue weighted by atomic mass is 9.71. The molecule has 0 aliphatic heterocycles. The minimum absolute atomic E-state index is 0.330. The summed E-state index contributed by atoms with van der Waals surface area (Å²) in [4.78, 5) is 15.7. The Morgan fingerprint density at radius 1 is 1.55 bits per heavy atom. The van der Waals surface area contributed by atoms with Crippen molar-refractivity contribution in [2.45, 2.75) is 32.6 Å². The van der Waals surface area contributed by atoms with Gasteiger partial charge in [-0.3, -0.25) is 4.79 Å². The van der Waals surface area contributed by atoms with Crippen molar-refractivity contribution >= 4 is 11.8 Å². The second-order valence-electron chi connectivity index (χ2n) is 5.64. The van der Waals surface area contributed by atoms with Crippen LogP contribution in [0.2, 0.25) is 0 Å². The number of rotatable bonds is 4. The quantitative estimate of drug-likeness (QED) is 0.880. The van der Waals surface area contributed by atoms with Crippen LogP contribution in [0.4, 0.5) is 5.82 Å². The van der Waals surface area contributed by atoms with Crippen LogP contribution in [0.25, 0.3) is 0 Å². The molecule has 0 radical (unpaired) electrons. The molecule has 0 bridgehead atoms. The Morgan fingerprint density at radius 3 is 2.85 bits per heavy atom. The van der Waals surface area contributed by atoms with E-state index in [1.165, 1.54) is 0 Å². The van der Waals surface area contributed by atoms with Crippen LogP contribution in [0.15, 0.2) is 18.2 Å². The third kappa shape index (κ3) is 3.08. The van der Waals surface area contributed by atoms with Crippen LogP contribution >= 0.6 is 0 Å². The number of pyridine rings is 1. The van der Waals surface area contributed by atoms with Gasteiger partial charge >= 0.3 is 5.97 Å². The molecule has 5 nitrogen and oxygen atoms in total. The first-order chi connectivity index (χ1) is 9.55. The smallest absolute Gasteiger partial charge is 0.311 e.